The number of carbonyl (C=O) groups excluding carboxylic acids is 1. The SMILES string of the molecule is COc1ccc(C=NNC(=O)c2cc(-c3ccc(OCc4ccc(C)cc4)c(OC)c3)n[nH]2)cc1OC. The maximum Gasteiger partial charge on any atom is 0.289 e. The van der Waals surface area contributed by atoms with E-state index < -0.39 is 5.91 Å². The van der Waals surface area contributed by atoms with Gasteiger partial charge in [0.1, 0.15) is 12.3 Å². The van der Waals surface area contributed by atoms with E-state index >= 15 is 0 Å². The van der Waals surface area contributed by atoms with Crippen LogP contribution in [-0.2, 0) is 6.61 Å². The van der Waals surface area contributed by atoms with Crippen LogP contribution in [0.25, 0.3) is 11.3 Å². The minimum absolute atomic E-state index is 0.262. The van der Waals surface area contributed by atoms with Gasteiger partial charge in [-0.1, -0.05) is 29.8 Å². The molecule has 0 radical (unpaired) electrons. The van der Waals surface area contributed by atoms with E-state index in [-0.39, 0.29) is 5.69 Å². The first-order valence-corrected chi connectivity index (χ1v) is 11.5. The monoisotopic (exact) mass is 500 g/mol. The Morgan fingerprint density at radius 2 is 1.59 bits per heavy atom. The largest absolute Gasteiger partial charge is 0.493 e. The van der Waals surface area contributed by atoms with Crippen molar-refractivity contribution in [2.24, 2.45) is 5.10 Å². The fourth-order valence-electron chi connectivity index (χ4n) is 3.54. The molecule has 3 aromatic carbocycles. The van der Waals surface area contributed by atoms with Gasteiger partial charge in [-0.05, 0) is 60.5 Å². The van der Waals surface area contributed by atoms with E-state index in [4.69, 9.17) is 18.9 Å². The molecule has 0 saturated heterocycles. The summed E-state index contributed by atoms with van der Waals surface area (Å²) < 4.78 is 22.0. The second kappa shape index (κ2) is 11.8. The lowest BCUT2D eigenvalue weighted by Crippen LogP contribution is -2.18. The normalized spacial score (nSPS) is 10.8. The van der Waals surface area contributed by atoms with Gasteiger partial charge >= 0.3 is 0 Å². The highest BCUT2D eigenvalue weighted by molar-refractivity contribution is 5.94. The average Bonchev–Trinajstić information content (AvgIpc) is 3.43. The number of benzene rings is 3. The highest BCUT2D eigenvalue weighted by Gasteiger charge is 2.13. The van der Waals surface area contributed by atoms with E-state index in [1.54, 1.807) is 45.6 Å². The molecule has 37 heavy (non-hydrogen) atoms. The van der Waals surface area contributed by atoms with E-state index in [2.05, 4.69) is 20.7 Å². The van der Waals surface area contributed by atoms with Crippen LogP contribution in [0, 0.1) is 6.92 Å². The molecule has 0 aliphatic rings. The third-order valence-electron chi connectivity index (χ3n) is 5.58. The smallest absolute Gasteiger partial charge is 0.289 e. The molecule has 0 spiro atoms. The number of hydrogen-bond acceptors (Lipinski definition) is 7. The number of nitrogens with zero attached hydrogens (tertiary/aromatic N) is 2. The summed E-state index contributed by atoms with van der Waals surface area (Å²) in [5.41, 5.74) is 7.09. The molecule has 190 valence electrons. The number of aryl methyl sites for hydroxylation is 1. The van der Waals surface area contributed by atoms with E-state index in [0.717, 1.165) is 16.7 Å². The predicted octanol–water partition coefficient (Wildman–Crippen LogP) is 4.75. The molecule has 0 saturated carbocycles. The lowest BCUT2D eigenvalue weighted by atomic mass is 10.1. The summed E-state index contributed by atoms with van der Waals surface area (Å²) in [5, 5.41) is 11.0. The molecular formula is C28H28N4O5. The molecular weight excluding hydrogens is 472 g/mol. The third kappa shape index (κ3) is 6.26. The lowest BCUT2D eigenvalue weighted by Gasteiger charge is -2.12. The van der Waals surface area contributed by atoms with Crippen molar-refractivity contribution in [1.82, 2.24) is 15.6 Å². The van der Waals surface area contributed by atoms with Gasteiger partial charge in [0.15, 0.2) is 23.0 Å². The zero-order chi connectivity index (χ0) is 26.2. The Balaban J connectivity index is 1.40. The second-order valence-electron chi connectivity index (χ2n) is 8.12. The van der Waals surface area contributed by atoms with E-state index in [1.807, 2.05) is 49.4 Å². The Bertz CT molecular complexity index is 1400. The van der Waals surface area contributed by atoms with Crippen molar-refractivity contribution >= 4 is 12.1 Å². The van der Waals surface area contributed by atoms with Gasteiger partial charge in [-0.3, -0.25) is 9.89 Å². The number of amides is 1. The van der Waals surface area contributed by atoms with Crippen LogP contribution in [0.4, 0.5) is 0 Å². The summed E-state index contributed by atoms with van der Waals surface area (Å²) in [6.45, 7) is 2.47. The molecule has 0 aliphatic carbocycles. The summed E-state index contributed by atoms with van der Waals surface area (Å²) in [6, 6.07) is 20.6. The van der Waals surface area contributed by atoms with Crippen molar-refractivity contribution < 1.29 is 23.7 Å². The van der Waals surface area contributed by atoms with Crippen LogP contribution in [0.1, 0.15) is 27.2 Å². The zero-order valence-corrected chi connectivity index (χ0v) is 21.1. The molecule has 4 rings (SSSR count). The molecule has 0 unspecified atom stereocenters. The molecule has 0 atom stereocenters. The number of carbonyl (C=O) groups is 1. The summed E-state index contributed by atoms with van der Waals surface area (Å²) in [7, 11) is 4.70. The molecule has 0 aliphatic heterocycles. The van der Waals surface area contributed by atoms with Gasteiger partial charge in [-0.15, -0.1) is 0 Å². The maximum absolute atomic E-state index is 12.5. The van der Waals surface area contributed by atoms with Crippen LogP contribution in [0.5, 0.6) is 23.0 Å². The topological polar surface area (TPSA) is 107 Å². The van der Waals surface area contributed by atoms with E-state index in [0.29, 0.717) is 35.3 Å². The Morgan fingerprint density at radius 1 is 0.892 bits per heavy atom. The van der Waals surface area contributed by atoms with Gasteiger partial charge in [0.25, 0.3) is 5.91 Å². The van der Waals surface area contributed by atoms with Crippen LogP contribution in [0.3, 0.4) is 0 Å². The van der Waals surface area contributed by atoms with Gasteiger partial charge in [-0.2, -0.15) is 10.2 Å². The fraction of sp³-hybridized carbons (Fsp3) is 0.179. The van der Waals surface area contributed by atoms with Gasteiger partial charge < -0.3 is 18.9 Å². The number of aromatic amines is 1. The third-order valence-corrected chi connectivity index (χ3v) is 5.58. The van der Waals surface area contributed by atoms with E-state index in [1.165, 1.54) is 11.8 Å². The minimum atomic E-state index is -0.430. The Morgan fingerprint density at radius 3 is 2.32 bits per heavy atom. The average molecular weight is 501 g/mol. The Kier molecular flexibility index (Phi) is 8.05. The van der Waals surface area contributed by atoms with Crippen molar-refractivity contribution in [2.45, 2.75) is 13.5 Å². The fourth-order valence-corrected chi connectivity index (χ4v) is 3.54. The molecule has 0 fully saturated rings. The molecule has 9 heteroatoms. The Hall–Kier alpha value is -4.79. The van der Waals surface area contributed by atoms with Crippen LogP contribution >= 0.6 is 0 Å². The molecule has 4 aromatic rings. The first-order valence-electron chi connectivity index (χ1n) is 11.5. The first-order chi connectivity index (χ1) is 18.0. The molecule has 2 N–H and O–H groups in total. The van der Waals surface area contributed by atoms with Crippen molar-refractivity contribution in [2.75, 3.05) is 21.3 Å². The lowest BCUT2D eigenvalue weighted by molar-refractivity contribution is 0.0950. The van der Waals surface area contributed by atoms with Crippen LogP contribution in [-0.4, -0.2) is 43.6 Å². The number of hydrogen-bond donors (Lipinski definition) is 2. The van der Waals surface area contributed by atoms with Crippen LogP contribution in [0.15, 0.2) is 71.8 Å². The molecule has 1 heterocycles. The van der Waals surface area contributed by atoms with Gasteiger partial charge in [0.05, 0.1) is 33.2 Å². The standard InChI is InChI=1S/C28H28N4O5/c1-18-5-7-19(8-6-18)17-37-25-12-10-21(14-27(25)36-4)22-15-23(31-30-22)28(33)32-29-16-20-9-11-24(34-2)26(13-20)35-3/h5-16H,17H2,1-4H3,(H,30,31)(H,32,33). The summed E-state index contributed by atoms with van der Waals surface area (Å²) in [5.74, 6) is 1.93. The number of aromatic nitrogens is 2. The summed E-state index contributed by atoms with van der Waals surface area (Å²) in [4.78, 5) is 12.5. The molecule has 9 nitrogen and oxygen atoms in total. The number of nitrogens with one attached hydrogen (secondary N) is 2. The predicted molar refractivity (Wildman–Crippen MR) is 141 cm³/mol. The first kappa shape index (κ1) is 25.3. The molecule has 1 aromatic heterocycles. The van der Waals surface area contributed by atoms with Crippen LogP contribution < -0.4 is 24.4 Å². The minimum Gasteiger partial charge on any atom is -0.493 e. The second-order valence-corrected chi connectivity index (χ2v) is 8.12. The number of ether oxygens (including phenoxy) is 4. The highest BCUT2D eigenvalue weighted by Crippen LogP contribution is 2.32. The van der Waals surface area contributed by atoms with Gasteiger partial charge in [-0.25, -0.2) is 5.43 Å². The zero-order valence-electron chi connectivity index (χ0n) is 21.1. The van der Waals surface area contributed by atoms with Crippen molar-refractivity contribution in [3.8, 4) is 34.3 Å². The van der Waals surface area contributed by atoms with E-state index in [9.17, 15) is 4.79 Å². The number of methoxy groups -OCH3 is 3. The molecule has 0 bridgehead atoms. The highest BCUT2D eigenvalue weighted by atomic mass is 16.5. The van der Waals surface area contributed by atoms with Crippen molar-refractivity contribution in [3.05, 3.63) is 89.1 Å². The van der Waals surface area contributed by atoms with Crippen LogP contribution in [0.2, 0.25) is 0 Å². The van der Waals surface area contributed by atoms with Gasteiger partial charge in [0.2, 0.25) is 0 Å². The van der Waals surface area contributed by atoms with Crippen molar-refractivity contribution in [1.29, 1.82) is 0 Å². The molecule has 1 amide bonds. The Labute approximate surface area is 215 Å². The summed E-state index contributed by atoms with van der Waals surface area (Å²) in [6.07, 6.45) is 1.51. The summed E-state index contributed by atoms with van der Waals surface area (Å²) >= 11 is 0. The van der Waals surface area contributed by atoms with Gasteiger partial charge in [0, 0.05) is 5.56 Å². The van der Waals surface area contributed by atoms with Crippen molar-refractivity contribution in [3.63, 3.8) is 0 Å². The quantitative estimate of drug-likeness (QED) is 0.240. The maximum atomic E-state index is 12.5. The number of hydrazone groups is 1. The number of rotatable bonds is 10. The number of H-pyrrole nitrogens is 1.